The van der Waals surface area contributed by atoms with Crippen LogP contribution in [-0.4, -0.2) is 30.6 Å². The van der Waals surface area contributed by atoms with Gasteiger partial charge < -0.3 is 14.4 Å². The lowest BCUT2D eigenvalue weighted by Crippen LogP contribution is -2.39. The van der Waals surface area contributed by atoms with Crippen LogP contribution in [0.15, 0.2) is 78.2 Å². The van der Waals surface area contributed by atoms with Crippen LogP contribution in [0.25, 0.3) is 21.8 Å². The quantitative estimate of drug-likeness (QED) is 0.281. The molecule has 0 atom stereocenters. The summed E-state index contributed by atoms with van der Waals surface area (Å²) in [6.07, 6.45) is 1.71. The first-order valence-corrected chi connectivity index (χ1v) is 12.3. The number of hydrogen-bond donors (Lipinski definition) is 0. The van der Waals surface area contributed by atoms with E-state index >= 15 is 0 Å². The number of benzene rings is 3. The Morgan fingerprint density at radius 1 is 1.00 bits per heavy atom. The SMILES string of the molecule is Cc1ccccc1OCCCCN1C(=O)COc2ccc(-c3csc(-c4ccccc4)n3)cc21. The van der Waals surface area contributed by atoms with Crippen LogP contribution in [0.2, 0.25) is 0 Å². The number of hydrogen-bond acceptors (Lipinski definition) is 5. The van der Waals surface area contributed by atoms with Gasteiger partial charge in [-0.1, -0.05) is 48.5 Å². The monoisotopic (exact) mass is 470 g/mol. The summed E-state index contributed by atoms with van der Waals surface area (Å²) in [7, 11) is 0. The van der Waals surface area contributed by atoms with Crippen molar-refractivity contribution in [2.45, 2.75) is 19.8 Å². The Hall–Kier alpha value is -3.64. The molecular formula is C28H26N2O3S. The lowest BCUT2D eigenvalue weighted by molar-refractivity contribution is -0.121. The maximum Gasteiger partial charge on any atom is 0.265 e. The van der Waals surface area contributed by atoms with Crippen LogP contribution in [0.5, 0.6) is 11.5 Å². The number of rotatable bonds is 8. The first-order valence-electron chi connectivity index (χ1n) is 11.5. The fraction of sp³-hybridized carbons (Fsp3) is 0.214. The van der Waals surface area contributed by atoms with Gasteiger partial charge in [-0.05, 0) is 49.6 Å². The predicted molar refractivity (Wildman–Crippen MR) is 137 cm³/mol. The largest absolute Gasteiger partial charge is 0.493 e. The molecule has 0 bridgehead atoms. The minimum absolute atomic E-state index is 0.0206. The standard InChI is InChI=1S/C28H26N2O3S/c1-20-9-5-6-12-25(20)32-16-8-7-15-30-24-17-22(13-14-26(24)33-18-27(30)31)23-19-34-28(29-23)21-10-3-2-4-11-21/h2-6,9-14,17,19H,7-8,15-16,18H2,1H3. The van der Waals surface area contributed by atoms with E-state index < -0.39 is 0 Å². The highest BCUT2D eigenvalue weighted by Gasteiger charge is 2.26. The molecule has 0 N–H and O–H groups in total. The third kappa shape index (κ3) is 4.82. The Kier molecular flexibility index (Phi) is 6.58. The van der Waals surface area contributed by atoms with Crippen molar-refractivity contribution in [3.63, 3.8) is 0 Å². The number of aryl methyl sites for hydroxylation is 1. The lowest BCUT2D eigenvalue weighted by atomic mass is 10.1. The van der Waals surface area contributed by atoms with Crippen LogP contribution in [0.3, 0.4) is 0 Å². The van der Waals surface area contributed by atoms with Crippen molar-refractivity contribution in [2.24, 2.45) is 0 Å². The minimum Gasteiger partial charge on any atom is -0.493 e. The average molecular weight is 471 g/mol. The minimum atomic E-state index is -0.0206. The second kappa shape index (κ2) is 10.1. The Morgan fingerprint density at radius 2 is 1.82 bits per heavy atom. The van der Waals surface area contributed by atoms with Crippen molar-refractivity contribution in [3.05, 3.63) is 83.7 Å². The molecule has 5 rings (SSSR count). The number of amides is 1. The molecule has 0 saturated carbocycles. The molecule has 0 spiro atoms. The maximum atomic E-state index is 12.7. The van der Waals surface area contributed by atoms with E-state index in [-0.39, 0.29) is 12.5 Å². The molecule has 2 heterocycles. The van der Waals surface area contributed by atoms with E-state index in [1.165, 1.54) is 0 Å². The van der Waals surface area contributed by atoms with E-state index in [0.29, 0.717) is 13.2 Å². The highest BCUT2D eigenvalue weighted by molar-refractivity contribution is 7.13. The number of nitrogens with zero attached hydrogens (tertiary/aromatic N) is 2. The predicted octanol–water partition coefficient (Wildman–Crippen LogP) is 6.37. The summed E-state index contributed by atoms with van der Waals surface area (Å²) in [6.45, 7) is 3.36. The van der Waals surface area contributed by atoms with E-state index in [1.54, 1.807) is 11.3 Å². The summed E-state index contributed by atoms with van der Waals surface area (Å²) in [4.78, 5) is 19.3. The topological polar surface area (TPSA) is 51.7 Å². The number of para-hydroxylation sites is 1. The molecule has 1 aliphatic rings. The van der Waals surface area contributed by atoms with Crippen molar-refractivity contribution in [3.8, 4) is 33.3 Å². The molecule has 1 aliphatic heterocycles. The third-order valence-electron chi connectivity index (χ3n) is 5.85. The molecule has 172 valence electrons. The zero-order chi connectivity index (χ0) is 23.3. The first kappa shape index (κ1) is 22.2. The van der Waals surface area contributed by atoms with Gasteiger partial charge in [0.15, 0.2) is 6.61 Å². The Bertz CT molecular complexity index is 1290. The Morgan fingerprint density at radius 3 is 2.68 bits per heavy atom. The second-order valence-electron chi connectivity index (χ2n) is 8.24. The van der Waals surface area contributed by atoms with E-state index in [9.17, 15) is 4.79 Å². The fourth-order valence-corrected chi connectivity index (χ4v) is 4.83. The van der Waals surface area contributed by atoms with Gasteiger partial charge in [-0.2, -0.15) is 0 Å². The van der Waals surface area contributed by atoms with Crippen LogP contribution in [0.4, 0.5) is 5.69 Å². The summed E-state index contributed by atoms with van der Waals surface area (Å²) >= 11 is 1.62. The molecule has 0 unspecified atom stereocenters. The molecule has 4 aromatic rings. The van der Waals surface area contributed by atoms with Gasteiger partial charge in [-0.15, -0.1) is 11.3 Å². The highest BCUT2D eigenvalue weighted by Crippen LogP contribution is 2.37. The van der Waals surface area contributed by atoms with Gasteiger partial charge in [-0.3, -0.25) is 4.79 Å². The van der Waals surface area contributed by atoms with Gasteiger partial charge in [0.05, 0.1) is 18.0 Å². The molecule has 0 radical (unpaired) electrons. The number of ether oxygens (including phenoxy) is 2. The molecule has 0 saturated heterocycles. The van der Waals surface area contributed by atoms with Gasteiger partial charge >= 0.3 is 0 Å². The number of aromatic nitrogens is 1. The molecule has 6 heteroatoms. The van der Waals surface area contributed by atoms with Crippen LogP contribution in [-0.2, 0) is 4.79 Å². The zero-order valence-electron chi connectivity index (χ0n) is 19.1. The van der Waals surface area contributed by atoms with Gasteiger partial charge in [0.2, 0.25) is 0 Å². The Labute approximate surface area is 203 Å². The fourth-order valence-electron chi connectivity index (χ4n) is 4.00. The number of unbranched alkanes of at least 4 members (excludes halogenated alkanes) is 1. The normalized spacial score (nSPS) is 12.9. The van der Waals surface area contributed by atoms with Gasteiger partial charge in [0.1, 0.15) is 16.5 Å². The number of thiazole rings is 1. The molecular weight excluding hydrogens is 444 g/mol. The van der Waals surface area contributed by atoms with Crippen molar-refractivity contribution in [1.82, 2.24) is 4.98 Å². The van der Waals surface area contributed by atoms with Crippen LogP contribution >= 0.6 is 11.3 Å². The Balaban J connectivity index is 1.27. The zero-order valence-corrected chi connectivity index (χ0v) is 19.9. The van der Waals surface area contributed by atoms with E-state index in [2.05, 4.69) is 17.5 Å². The second-order valence-corrected chi connectivity index (χ2v) is 9.10. The molecule has 34 heavy (non-hydrogen) atoms. The summed E-state index contributed by atoms with van der Waals surface area (Å²) < 4.78 is 11.6. The van der Waals surface area contributed by atoms with Crippen LogP contribution in [0.1, 0.15) is 18.4 Å². The average Bonchev–Trinajstić information content (AvgIpc) is 3.37. The molecule has 1 aromatic heterocycles. The van der Waals surface area contributed by atoms with Gasteiger partial charge in [0.25, 0.3) is 5.91 Å². The van der Waals surface area contributed by atoms with Crippen LogP contribution in [0, 0.1) is 6.92 Å². The van der Waals surface area contributed by atoms with Crippen LogP contribution < -0.4 is 14.4 Å². The first-order chi connectivity index (χ1) is 16.7. The summed E-state index contributed by atoms with van der Waals surface area (Å²) in [6, 6.07) is 24.1. The van der Waals surface area contributed by atoms with Crippen molar-refractivity contribution < 1.29 is 14.3 Å². The van der Waals surface area contributed by atoms with Crippen molar-refractivity contribution in [1.29, 1.82) is 0 Å². The van der Waals surface area contributed by atoms with Crippen molar-refractivity contribution >= 4 is 22.9 Å². The number of carbonyl (C=O) groups excluding carboxylic acids is 1. The third-order valence-corrected chi connectivity index (χ3v) is 6.74. The smallest absolute Gasteiger partial charge is 0.265 e. The van der Waals surface area contributed by atoms with Crippen molar-refractivity contribution in [2.75, 3.05) is 24.7 Å². The van der Waals surface area contributed by atoms with Gasteiger partial charge in [-0.25, -0.2) is 4.98 Å². The maximum absolute atomic E-state index is 12.7. The highest BCUT2D eigenvalue weighted by atomic mass is 32.1. The van der Waals surface area contributed by atoms with E-state index in [4.69, 9.17) is 14.5 Å². The molecule has 3 aromatic carbocycles. The number of anilines is 1. The summed E-state index contributed by atoms with van der Waals surface area (Å²) in [5, 5.41) is 3.04. The summed E-state index contributed by atoms with van der Waals surface area (Å²) in [5.74, 6) is 1.63. The van der Waals surface area contributed by atoms with E-state index in [0.717, 1.165) is 57.4 Å². The number of carbonyl (C=O) groups is 1. The van der Waals surface area contributed by atoms with Gasteiger partial charge in [0, 0.05) is 23.1 Å². The molecule has 1 amide bonds. The molecule has 0 aliphatic carbocycles. The summed E-state index contributed by atoms with van der Waals surface area (Å²) in [5.41, 5.74) is 4.91. The van der Waals surface area contributed by atoms with E-state index in [1.807, 2.05) is 72.5 Å². The number of fused-ring (bicyclic) bond motifs is 1. The molecule has 5 nitrogen and oxygen atoms in total. The molecule has 0 fully saturated rings. The lowest BCUT2D eigenvalue weighted by Gasteiger charge is -2.29.